The molecule has 4 nitrogen and oxygen atoms in total. The van der Waals surface area contributed by atoms with Crippen LogP contribution in [0.2, 0.25) is 0 Å². The molecule has 72 valence electrons. The van der Waals surface area contributed by atoms with Crippen molar-refractivity contribution in [1.29, 1.82) is 0 Å². The molecule has 0 saturated heterocycles. The summed E-state index contributed by atoms with van der Waals surface area (Å²) in [5.74, 6) is 0.813. The van der Waals surface area contributed by atoms with Crippen molar-refractivity contribution >= 4 is 23.4 Å². The molecule has 1 rings (SSSR count). The van der Waals surface area contributed by atoms with Crippen LogP contribution in [-0.2, 0) is 0 Å². The minimum absolute atomic E-state index is 0.106. The van der Waals surface area contributed by atoms with Crippen LogP contribution in [0.25, 0.3) is 0 Å². The summed E-state index contributed by atoms with van der Waals surface area (Å²) in [6, 6.07) is 1.62. The van der Waals surface area contributed by atoms with E-state index in [-0.39, 0.29) is 5.91 Å². The first-order valence-corrected chi connectivity index (χ1v) is 5.34. The number of H-pyrrole nitrogens is 1. The second kappa shape index (κ2) is 4.81. The molecule has 1 amide bonds. The molecule has 0 bridgehead atoms. The number of rotatable bonds is 4. The Bertz CT molecular complexity index is 285. The lowest BCUT2D eigenvalue weighted by Crippen LogP contribution is -2.25. The third kappa shape index (κ3) is 3.02. The minimum atomic E-state index is -0.106. The Morgan fingerprint density at radius 1 is 1.77 bits per heavy atom. The van der Waals surface area contributed by atoms with Gasteiger partial charge in [-0.1, -0.05) is 0 Å². The first-order chi connectivity index (χ1) is 6.24. The predicted octanol–water partition coefficient (Wildman–Crippen LogP) is 0.690. The van der Waals surface area contributed by atoms with E-state index in [1.165, 1.54) is 0 Å². The quantitative estimate of drug-likeness (QED) is 0.625. The normalized spacial score (nSPS) is 9.92. The van der Waals surface area contributed by atoms with E-state index in [0.717, 1.165) is 5.75 Å². The Balaban J connectivity index is 2.40. The van der Waals surface area contributed by atoms with Crippen LogP contribution in [0.5, 0.6) is 0 Å². The molecule has 1 heterocycles. The first-order valence-electron chi connectivity index (χ1n) is 3.95. The summed E-state index contributed by atoms with van der Waals surface area (Å²) in [4.78, 5) is 14.1. The van der Waals surface area contributed by atoms with Crippen molar-refractivity contribution < 1.29 is 4.79 Å². The number of carbonyl (C=O) groups is 1. The summed E-state index contributed by atoms with van der Waals surface area (Å²) in [7, 11) is 0. The van der Waals surface area contributed by atoms with Gasteiger partial charge >= 0.3 is 0 Å². The van der Waals surface area contributed by atoms with Gasteiger partial charge < -0.3 is 16.0 Å². The molecule has 0 saturated carbocycles. The highest BCUT2D eigenvalue weighted by Gasteiger charge is 2.05. The van der Waals surface area contributed by atoms with Gasteiger partial charge in [-0.3, -0.25) is 4.79 Å². The minimum Gasteiger partial charge on any atom is -0.397 e. The van der Waals surface area contributed by atoms with Gasteiger partial charge in [0.15, 0.2) is 0 Å². The molecule has 4 N–H and O–H groups in total. The molecule has 0 radical (unpaired) electrons. The fraction of sp³-hybridized carbons (Fsp3) is 0.375. The average molecular weight is 199 g/mol. The zero-order chi connectivity index (χ0) is 9.68. The Labute approximate surface area is 81.3 Å². The van der Waals surface area contributed by atoms with Crippen molar-refractivity contribution in [1.82, 2.24) is 10.3 Å². The number of amides is 1. The summed E-state index contributed by atoms with van der Waals surface area (Å²) in [5.41, 5.74) is 6.55. The second-order valence-corrected chi connectivity index (χ2v) is 3.58. The van der Waals surface area contributed by atoms with Crippen molar-refractivity contribution in [2.75, 3.05) is 24.3 Å². The van der Waals surface area contributed by atoms with Crippen LogP contribution in [-0.4, -0.2) is 29.4 Å². The summed E-state index contributed by atoms with van der Waals surface area (Å²) < 4.78 is 0. The van der Waals surface area contributed by atoms with Crippen molar-refractivity contribution in [3.05, 3.63) is 18.0 Å². The molecule has 0 spiro atoms. The number of anilines is 1. The number of thioether (sulfide) groups is 1. The van der Waals surface area contributed by atoms with Gasteiger partial charge in [-0.25, -0.2) is 0 Å². The Kier molecular flexibility index (Phi) is 3.70. The number of nitrogens with one attached hydrogen (secondary N) is 2. The van der Waals surface area contributed by atoms with Crippen LogP contribution in [0.1, 0.15) is 10.5 Å². The molecule has 0 unspecified atom stereocenters. The fourth-order valence-corrected chi connectivity index (χ4v) is 1.21. The third-order valence-corrected chi connectivity index (χ3v) is 2.15. The van der Waals surface area contributed by atoms with Crippen LogP contribution in [0.15, 0.2) is 12.3 Å². The Hall–Kier alpha value is -1.10. The van der Waals surface area contributed by atoms with Crippen molar-refractivity contribution in [3.8, 4) is 0 Å². The molecule has 0 fully saturated rings. The highest BCUT2D eigenvalue weighted by Crippen LogP contribution is 2.03. The zero-order valence-electron chi connectivity index (χ0n) is 7.46. The van der Waals surface area contributed by atoms with E-state index in [9.17, 15) is 4.79 Å². The van der Waals surface area contributed by atoms with Crippen LogP contribution in [0.4, 0.5) is 5.69 Å². The first kappa shape index (κ1) is 9.98. The molecule has 1 aromatic heterocycles. The van der Waals surface area contributed by atoms with Crippen LogP contribution in [0, 0.1) is 0 Å². The second-order valence-electron chi connectivity index (χ2n) is 2.60. The number of hydrogen-bond donors (Lipinski definition) is 3. The topological polar surface area (TPSA) is 70.9 Å². The monoisotopic (exact) mass is 199 g/mol. The maximum Gasteiger partial charge on any atom is 0.267 e. The van der Waals surface area contributed by atoms with E-state index in [0.29, 0.717) is 17.9 Å². The number of hydrogen-bond acceptors (Lipinski definition) is 3. The molecule has 5 heteroatoms. The summed E-state index contributed by atoms with van der Waals surface area (Å²) in [6.45, 7) is 0.679. The number of aromatic nitrogens is 1. The van der Waals surface area contributed by atoms with Crippen LogP contribution in [0.3, 0.4) is 0 Å². The SMILES string of the molecule is CSCCNC(=O)c1cc(N)c[nH]1. The van der Waals surface area contributed by atoms with E-state index < -0.39 is 0 Å². The van der Waals surface area contributed by atoms with Gasteiger partial charge in [-0.15, -0.1) is 0 Å². The third-order valence-electron chi connectivity index (χ3n) is 1.54. The Morgan fingerprint density at radius 2 is 2.54 bits per heavy atom. The number of aromatic amines is 1. The lowest BCUT2D eigenvalue weighted by molar-refractivity contribution is 0.0952. The van der Waals surface area contributed by atoms with Gasteiger partial charge in [0, 0.05) is 24.2 Å². The van der Waals surface area contributed by atoms with Gasteiger partial charge in [0.1, 0.15) is 5.69 Å². The molecule has 0 aliphatic heterocycles. The standard InChI is InChI=1S/C8H13N3OS/c1-13-3-2-10-8(12)7-4-6(9)5-11-7/h4-5,11H,2-3,9H2,1H3,(H,10,12). The lowest BCUT2D eigenvalue weighted by atomic mass is 10.4. The van der Waals surface area contributed by atoms with E-state index in [1.54, 1.807) is 24.0 Å². The van der Waals surface area contributed by atoms with Gasteiger partial charge in [-0.2, -0.15) is 11.8 Å². The van der Waals surface area contributed by atoms with Crippen molar-refractivity contribution in [3.63, 3.8) is 0 Å². The predicted molar refractivity (Wildman–Crippen MR) is 55.9 cm³/mol. The molecule has 1 aromatic rings. The largest absolute Gasteiger partial charge is 0.397 e. The van der Waals surface area contributed by atoms with Crippen molar-refractivity contribution in [2.24, 2.45) is 0 Å². The molecule has 0 aliphatic carbocycles. The maximum atomic E-state index is 11.3. The number of nitrogen functional groups attached to an aromatic ring is 1. The Morgan fingerprint density at radius 3 is 3.08 bits per heavy atom. The lowest BCUT2D eigenvalue weighted by Gasteiger charge is -2.00. The van der Waals surface area contributed by atoms with Crippen LogP contribution < -0.4 is 11.1 Å². The number of carbonyl (C=O) groups excluding carboxylic acids is 1. The van der Waals surface area contributed by atoms with E-state index in [1.807, 2.05) is 6.26 Å². The van der Waals surface area contributed by atoms with Gasteiger partial charge in [-0.05, 0) is 12.3 Å². The van der Waals surface area contributed by atoms with Crippen LogP contribution >= 0.6 is 11.8 Å². The smallest absolute Gasteiger partial charge is 0.267 e. The summed E-state index contributed by atoms with van der Waals surface area (Å²) >= 11 is 1.69. The highest BCUT2D eigenvalue weighted by molar-refractivity contribution is 7.98. The van der Waals surface area contributed by atoms with E-state index in [4.69, 9.17) is 5.73 Å². The zero-order valence-corrected chi connectivity index (χ0v) is 8.28. The average Bonchev–Trinajstić information content (AvgIpc) is 2.52. The van der Waals surface area contributed by atoms with Gasteiger partial charge in [0.2, 0.25) is 0 Å². The maximum absolute atomic E-state index is 11.3. The number of nitrogens with two attached hydrogens (primary N) is 1. The molecule has 0 aliphatic rings. The van der Waals surface area contributed by atoms with Gasteiger partial charge in [0.05, 0.1) is 0 Å². The molecule has 13 heavy (non-hydrogen) atoms. The van der Waals surface area contributed by atoms with E-state index in [2.05, 4.69) is 10.3 Å². The molecular formula is C8H13N3OS. The van der Waals surface area contributed by atoms with Gasteiger partial charge in [0.25, 0.3) is 5.91 Å². The van der Waals surface area contributed by atoms with E-state index >= 15 is 0 Å². The highest BCUT2D eigenvalue weighted by atomic mass is 32.2. The molecular weight excluding hydrogens is 186 g/mol. The van der Waals surface area contributed by atoms with Crippen molar-refractivity contribution in [2.45, 2.75) is 0 Å². The summed E-state index contributed by atoms with van der Waals surface area (Å²) in [5, 5.41) is 2.77. The fourth-order valence-electron chi connectivity index (χ4n) is 0.904. The summed E-state index contributed by atoms with van der Waals surface area (Å²) in [6.07, 6.45) is 3.60. The molecule has 0 atom stereocenters. The molecule has 0 aromatic carbocycles.